The van der Waals surface area contributed by atoms with E-state index in [1.54, 1.807) is 30.3 Å². The molecular weight excluding hydrogens is 430 g/mol. The molecule has 2 aromatic carbocycles. The average molecular weight is 458 g/mol. The van der Waals surface area contributed by atoms with Crippen molar-refractivity contribution in [3.63, 3.8) is 0 Å². The Hall–Kier alpha value is -2.56. The Morgan fingerprint density at radius 2 is 1.39 bits per heavy atom. The molecule has 0 heterocycles. The van der Waals surface area contributed by atoms with Crippen LogP contribution in [0, 0.1) is 32.1 Å². The fourth-order valence-corrected chi connectivity index (χ4v) is 7.48. The molecule has 0 saturated heterocycles. The number of unbranched alkanes of at least 4 members (excludes halogenated alkanes) is 1. The van der Waals surface area contributed by atoms with Gasteiger partial charge in [0, 0.05) is 12.1 Å². The largest absolute Gasteiger partial charge is 0.277 e. The zero-order valence-electron chi connectivity index (χ0n) is 17.8. The summed E-state index contributed by atoms with van der Waals surface area (Å²) in [5, 5.41) is 0. The van der Waals surface area contributed by atoms with Gasteiger partial charge >= 0.3 is 0 Å². The highest BCUT2D eigenvalue weighted by Crippen LogP contribution is 2.37. The van der Waals surface area contributed by atoms with E-state index in [4.69, 9.17) is 6.42 Å². The Labute approximate surface area is 185 Å². The van der Waals surface area contributed by atoms with Crippen LogP contribution >= 0.6 is 0 Å². The van der Waals surface area contributed by atoms with Crippen LogP contribution in [-0.2, 0) is 20.0 Å². The maximum atomic E-state index is 13.6. The molecule has 0 bridgehead atoms. The van der Waals surface area contributed by atoms with E-state index in [9.17, 15) is 16.8 Å². The molecule has 0 N–H and O–H groups in total. The molecule has 0 spiro atoms. The molecule has 1 unspecified atom stereocenters. The van der Waals surface area contributed by atoms with Gasteiger partial charge in [-0.25, -0.2) is 16.8 Å². The van der Waals surface area contributed by atoms with E-state index in [2.05, 4.69) is 5.92 Å². The van der Waals surface area contributed by atoms with Crippen LogP contribution in [0.2, 0.25) is 0 Å². The van der Waals surface area contributed by atoms with Crippen molar-refractivity contribution in [2.45, 2.75) is 55.7 Å². The summed E-state index contributed by atoms with van der Waals surface area (Å²) in [6.45, 7) is 3.69. The summed E-state index contributed by atoms with van der Waals surface area (Å²) in [6, 6.07) is 12.4. The van der Waals surface area contributed by atoms with E-state index >= 15 is 0 Å². The van der Waals surface area contributed by atoms with E-state index in [1.807, 2.05) is 13.8 Å². The second kappa shape index (κ2) is 9.29. The SMILES string of the molecule is C#CCCCC1C=C(N(S(=O)(=O)c2ccc(C)cc2)S(=O)(=O)c2ccc(C)cc2)CC1. The van der Waals surface area contributed by atoms with Gasteiger partial charge in [0.25, 0.3) is 20.0 Å². The third-order valence-electron chi connectivity index (χ3n) is 5.40. The van der Waals surface area contributed by atoms with Gasteiger partial charge in [-0.05, 0) is 69.7 Å². The van der Waals surface area contributed by atoms with E-state index in [0.717, 1.165) is 24.0 Å². The van der Waals surface area contributed by atoms with Crippen LogP contribution in [0.3, 0.4) is 0 Å². The summed E-state index contributed by atoms with van der Waals surface area (Å²) in [4.78, 5) is -0.101. The predicted molar refractivity (Wildman–Crippen MR) is 122 cm³/mol. The molecule has 0 fully saturated rings. The Kier molecular flexibility index (Phi) is 6.93. The molecule has 31 heavy (non-hydrogen) atoms. The van der Waals surface area contributed by atoms with Gasteiger partial charge in [-0.15, -0.1) is 12.3 Å². The minimum Gasteiger partial charge on any atom is -0.200 e. The quantitative estimate of drug-likeness (QED) is 0.422. The van der Waals surface area contributed by atoms with Gasteiger partial charge in [0.15, 0.2) is 0 Å². The van der Waals surface area contributed by atoms with Crippen molar-refractivity contribution >= 4 is 20.0 Å². The van der Waals surface area contributed by atoms with E-state index in [0.29, 0.717) is 28.7 Å². The highest BCUT2D eigenvalue weighted by atomic mass is 32.3. The third-order valence-corrected chi connectivity index (χ3v) is 9.66. The molecule has 7 heteroatoms. The lowest BCUT2D eigenvalue weighted by Gasteiger charge is -2.25. The fourth-order valence-electron chi connectivity index (χ4n) is 3.67. The molecular formula is C24H27NO4S2. The minimum atomic E-state index is -4.32. The van der Waals surface area contributed by atoms with Gasteiger partial charge in [0.1, 0.15) is 0 Å². The number of hydrogen-bond acceptors (Lipinski definition) is 4. The van der Waals surface area contributed by atoms with Crippen LogP contribution in [-0.4, -0.2) is 20.5 Å². The van der Waals surface area contributed by atoms with Gasteiger partial charge in [-0.1, -0.05) is 41.5 Å². The number of benzene rings is 2. The van der Waals surface area contributed by atoms with Gasteiger partial charge < -0.3 is 0 Å². The van der Waals surface area contributed by atoms with Crippen molar-refractivity contribution in [1.29, 1.82) is 0 Å². The first-order chi connectivity index (χ1) is 14.7. The molecule has 0 amide bonds. The lowest BCUT2D eigenvalue weighted by atomic mass is 10.0. The highest BCUT2D eigenvalue weighted by Gasteiger charge is 2.39. The van der Waals surface area contributed by atoms with Crippen molar-refractivity contribution in [3.8, 4) is 12.3 Å². The van der Waals surface area contributed by atoms with Gasteiger partial charge in [-0.2, -0.15) is 3.71 Å². The van der Waals surface area contributed by atoms with E-state index in [-0.39, 0.29) is 15.7 Å². The van der Waals surface area contributed by atoms with Gasteiger partial charge in [-0.3, -0.25) is 0 Å². The molecule has 1 atom stereocenters. The standard InChI is InChI=1S/C24H27NO4S2/c1-4-5-6-7-21-12-13-22(18-21)25(30(26,27)23-14-8-19(2)9-15-23)31(28,29)24-16-10-20(3)11-17-24/h1,8-11,14-18,21H,5-7,12-13H2,2-3H3. The Balaban J connectivity index is 2.09. The smallest absolute Gasteiger partial charge is 0.200 e. The highest BCUT2D eigenvalue weighted by molar-refractivity contribution is 8.04. The monoisotopic (exact) mass is 457 g/mol. The van der Waals surface area contributed by atoms with Crippen LogP contribution in [0.4, 0.5) is 0 Å². The van der Waals surface area contributed by atoms with E-state index in [1.165, 1.54) is 24.3 Å². The predicted octanol–water partition coefficient (Wildman–Crippen LogP) is 4.78. The Morgan fingerprint density at radius 1 is 0.903 bits per heavy atom. The average Bonchev–Trinajstić information content (AvgIpc) is 3.16. The molecule has 164 valence electrons. The Morgan fingerprint density at radius 3 is 1.84 bits per heavy atom. The summed E-state index contributed by atoms with van der Waals surface area (Å²) in [5.41, 5.74) is 2.08. The number of rotatable bonds is 8. The summed E-state index contributed by atoms with van der Waals surface area (Å²) < 4.78 is 54.9. The topological polar surface area (TPSA) is 71.5 Å². The zero-order valence-corrected chi connectivity index (χ0v) is 19.4. The molecule has 0 aromatic heterocycles. The van der Waals surface area contributed by atoms with Crippen molar-refractivity contribution < 1.29 is 16.8 Å². The summed E-state index contributed by atoms with van der Waals surface area (Å²) in [5.74, 6) is 2.71. The second-order valence-corrected chi connectivity index (χ2v) is 11.7. The first kappa shape index (κ1) is 23.1. The zero-order chi connectivity index (χ0) is 22.6. The van der Waals surface area contributed by atoms with Crippen molar-refractivity contribution in [1.82, 2.24) is 3.71 Å². The molecule has 0 saturated carbocycles. The van der Waals surface area contributed by atoms with Gasteiger partial charge in [0.05, 0.1) is 9.79 Å². The van der Waals surface area contributed by atoms with Crippen LogP contribution in [0.5, 0.6) is 0 Å². The molecule has 3 rings (SSSR count). The van der Waals surface area contributed by atoms with Crippen molar-refractivity contribution in [2.75, 3.05) is 0 Å². The van der Waals surface area contributed by atoms with Crippen LogP contribution < -0.4 is 0 Å². The summed E-state index contributed by atoms with van der Waals surface area (Å²) in [6.07, 6.45) is 10.4. The molecule has 0 radical (unpaired) electrons. The van der Waals surface area contributed by atoms with E-state index < -0.39 is 20.0 Å². The number of allylic oxidation sites excluding steroid dienone is 2. The van der Waals surface area contributed by atoms with Crippen LogP contribution in [0.25, 0.3) is 0 Å². The third kappa shape index (κ3) is 5.03. The molecule has 1 aliphatic rings. The lowest BCUT2D eigenvalue weighted by Crippen LogP contribution is -2.36. The first-order valence-electron chi connectivity index (χ1n) is 10.2. The number of hydrogen-bond donors (Lipinski definition) is 0. The number of sulfonamides is 2. The molecule has 5 nitrogen and oxygen atoms in total. The van der Waals surface area contributed by atoms with Crippen LogP contribution in [0.15, 0.2) is 70.1 Å². The Bertz CT molecular complexity index is 1130. The lowest BCUT2D eigenvalue weighted by molar-refractivity contribution is 0.520. The molecule has 1 aliphatic carbocycles. The number of terminal acetylenes is 1. The number of aryl methyl sites for hydroxylation is 2. The first-order valence-corrected chi connectivity index (χ1v) is 13.1. The molecule has 2 aromatic rings. The minimum absolute atomic E-state index is 0.0505. The molecule has 0 aliphatic heterocycles. The number of nitrogens with zero attached hydrogens (tertiary/aromatic N) is 1. The summed E-state index contributed by atoms with van der Waals surface area (Å²) in [7, 11) is -8.64. The van der Waals surface area contributed by atoms with Crippen LogP contribution in [0.1, 0.15) is 43.2 Å². The normalized spacial score (nSPS) is 16.5. The second-order valence-electron chi connectivity index (χ2n) is 7.89. The maximum Gasteiger partial charge on any atom is 0.277 e. The van der Waals surface area contributed by atoms with Crippen molar-refractivity contribution in [2.24, 2.45) is 5.92 Å². The van der Waals surface area contributed by atoms with Crippen molar-refractivity contribution in [3.05, 3.63) is 71.4 Å². The summed E-state index contributed by atoms with van der Waals surface area (Å²) >= 11 is 0. The van der Waals surface area contributed by atoms with Gasteiger partial charge in [0.2, 0.25) is 0 Å². The fraction of sp³-hybridized carbons (Fsp3) is 0.333. The maximum absolute atomic E-state index is 13.6.